The molecule has 1 unspecified atom stereocenters. The van der Waals surface area contributed by atoms with E-state index in [1.165, 1.54) is 0 Å². The van der Waals surface area contributed by atoms with E-state index in [0.717, 1.165) is 6.42 Å². The molecule has 0 saturated heterocycles. The summed E-state index contributed by atoms with van der Waals surface area (Å²) in [5.74, 6) is 0.497. The zero-order valence-corrected chi connectivity index (χ0v) is 12.8. The van der Waals surface area contributed by atoms with Crippen LogP contribution in [0.15, 0.2) is 24.3 Å². The summed E-state index contributed by atoms with van der Waals surface area (Å²) >= 11 is 0. The fourth-order valence-corrected chi connectivity index (χ4v) is 2.06. The highest BCUT2D eigenvalue weighted by atomic mass is 16.5. The van der Waals surface area contributed by atoms with Gasteiger partial charge in [-0.2, -0.15) is 5.26 Å². The minimum Gasteiger partial charge on any atom is -0.479 e. The van der Waals surface area contributed by atoms with Crippen molar-refractivity contribution in [2.24, 2.45) is 11.1 Å². The number of ether oxygens (including phenoxy) is 1. The molecule has 0 saturated carbocycles. The average molecular weight is 289 g/mol. The second kappa shape index (κ2) is 7.65. The number of carbonyl (C=O) groups excluding carboxylic acids is 1. The lowest BCUT2D eigenvalue weighted by molar-refractivity contribution is -0.116. The number of nitrogens with two attached hydrogens (primary N) is 1. The molecule has 0 heterocycles. The number of benzene rings is 1. The molecule has 114 valence electrons. The zero-order valence-electron chi connectivity index (χ0n) is 12.8. The Hall–Kier alpha value is -2.06. The molecular weight excluding hydrogens is 266 g/mol. The highest BCUT2D eigenvalue weighted by Gasteiger charge is 2.18. The summed E-state index contributed by atoms with van der Waals surface area (Å²) in [5, 5.41) is 11.2. The van der Waals surface area contributed by atoms with Gasteiger partial charge in [0.25, 0.3) is 0 Å². The van der Waals surface area contributed by atoms with E-state index in [2.05, 4.69) is 26.1 Å². The first-order chi connectivity index (χ1) is 9.80. The molecule has 5 nitrogen and oxygen atoms in total. The van der Waals surface area contributed by atoms with Crippen LogP contribution < -0.4 is 15.8 Å². The van der Waals surface area contributed by atoms with Crippen molar-refractivity contribution < 1.29 is 9.53 Å². The summed E-state index contributed by atoms with van der Waals surface area (Å²) in [6.07, 6.45) is 1.09. The van der Waals surface area contributed by atoms with Crippen LogP contribution in [0.3, 0.4) is 0 Å². The maximum atomic E-state index is 11.9. The normalized spacial score (nSPS) is 12.3. The molecule has 1 atom stereocenters. The lowest BCUT2D eigenvalue weighted by atomic mass is 9.87. The minimum atomic E-state index is -0.150. The summed E-state index contributed by atoms with van der Waals surface area (Å²) in [7, 11) is 0. The highest BCUT2D eigenvalue weighted by Crippen LogP contribution is 2.21. The number of nitriles is 1. The van der Waals surface area contributed by atoms with E-state index in [1.807, 2.05) is 6.07 Å². The van der Waals surface area contributed by atoms with Gasteiger partial charge in [-0.1, -0.05) is 20.8 Å². The molecule has 0 aliphatic carbocycles. The van der Waals surface area contributed by atoms with Gasteiger partial charge in [0.2, 0.25) is 5.91 Å². The molecule has 0 fully saturated rings. The van der Waals surface area contributed by atoms with E-state index < -0.39 is 0 Å². The summed E-state index contributed by atoms with van der Waals surface area (Å²) in [5.41, 5.74) is 6.78. The molecule has 0 bridgehead atoms. The number of carbonyl (C=O) groups is 1. The molecule has 1 rings (SSSR count). The topological polar surface area (TPSA) is 88.1 Å². The molecule has 0 aliphatic heterocycles. The van der Waals surface area contributed by atoms with Crippen molar-refractivity contribution in [3.05, 3.63) is 24.3 Å². The summed E-state index contributed by atoms with van der Waals surface area (Å²) < 4.78 is 5.14. The second-order valence-corrected chi connectivity index (χ2v) is 6.25. The van der Waals surface area contributed by atoms with Crippen molar-refractivity contribution in [2.75, 3.05) is 11.9 Å². The Morgan fingerprint density at radius 2 is 2.00 bits per heavy atom. The highest BCUT2D eigenvalue weighted by molar-refractivity contribution is 5.91. The molecule has 1 aromatic carbocycles. The lowest BCUT2D eigenvalue weighted by Crippen LogP contribution is -2.31. The maximum absolute atomic E-state index is 11.9. The number of hydrogen-bond donors (Lipinski definition) is 2. The van der Waals surface area contributed by atoms with Crippen LogP contribution in [0.1, 0.15) is 33.6 Å². The molecular formula is C16H23N3O2. The van der Waals surface area contributed by atoms with Crippen LogP contribution in [-0.4, -0.2) is 18.6 Å². The third kappa shape index (κ3) is 7.33. The number of anilines is 1. The van der Waals surface area contributed by atoms with E-state index in [9.17, 15) is 4.79 Å². The van der Waals surface area contributed by atoms with Gasteiger partial charge in [-0.25, -0.2) is 0 Å². The molecule has 1 aromatic rings. The predicted molar refractivity (Wildman–Crippen MR) is 82.8 cm³/mol. The SMILES string of the molecule is CC(C)(C)CC(N)CC(=O)Nc1ccc(OCC#N)cc1. The first kappa shape index (κ1) is 17.0. The van der Waals surface area contributed by atoms with Crippen LogP contribution in [0.4, 0.5) is 5.69 Å². The molecule has 0 spiro atoms. The molecule has 0 radical (unpaired) electrons. The second-order valence-electron chi connectivity index (χ2n) is 6.25. The van der Waals surface area contributed by atoms with Crippen molar-refractivity contribution in [2.45, 2.75) is 39.7 Å². The number of nitrogens with zero attached hydrogens (tertiary/aromatic N) is 1. The molecule has 0 aliphatic rings. The van der Waals surface area contributed by atoms with Crippen LogP contribution >= 0.6 is 0 Å². The fourth-order valence-electron chi connectivity index (χ4n) is 2.06. The molecule has 21 heavy (non-hydrogen) atoms. The van der Waals surface area contributed by atoms with Gasteiger partial charge in [-0.3, -0.25) is 4.79 Å². The first-order valence-corrected chi connectivity index (χ1v) is 6.95. The Morgan fingerprint density at radius 1 is 1.38 bits per heavy atom. The fraction of sp³-hybridized carbons (Fsp3) is 0.500. The smallest absolute Gasteiger partial charge is 0.225 e. The Balaban J connectivity index is 2.46. The molecule has 1 amide bonds. The predicted octanol–water partition coefficient (Wildman–Crippen LogP) is 2.68. The third-order valence-corrected chi connectivity index (χ3v) is 2.76. The summed E-state index contributed by atoms with van der Waals surface area (Å²) in [4.78, 5) is 11.9. The summed E-state index contributed by atoms with van der Waals surface area (Å²) in [6, 6.07) is 8.64. The zero-order chi connectivity index (χ0) is 15.9. The van der Waals surface area contributed by atoms with Gasteiger partial charge in [0.05, 0.1) is 0 Å². The third-order valence-electron chi connectivity index (χ3n) is 2.76. The Kier molecular flexibility index (Phi) is 6.19. The summed E-state index contributed by atoms with van der Waals surface area (Å²) in [6.45, 7) is 6.31. The van der Waals surface area contributed by atoms with Gasteiger partial charge >= 0.3 is 0 Å². The first-order valence-electron chi connectivity index (χ1n) is 6.95. The van der Waals surface area contributed by atoms with Crippen LogP contribution in [0.2, 0.25) is 0 Å². The Labute approximate surface area is 126 Å². The van der Waals surface area contributed by atoms with Crippen molar-refractivity contribution in [3.8, 4) is 11.8 Å². The quantitative estimate of drug-likeness (QED) is 0.842. The van der Waals surface area contributed by atoms with Gasteiger partial charge < -0.3 is 15.8 Å². The Bertz CT molecular complexity index is 498. The number of rotatable bonds is 6. The monoisotopic (exact) mass is 289 g/mol. The Morgan fingerprint density at radius 3 is 2.52 bits per heavy atom. The van der Waals surface area contributed by atoms with E-state index in [-0.39, 0.29) is 24.0 Å². The van der Waals surface area contributed by atoms with Crippen molar-refractivity contribution >= 4 is 11.6 Å². The number of hydrogen-bond acceptors (Lipinski definition) is 4. The van der Waals surface area contributed by atoms with Gasteiger partial charge in [-0.15, -0.1) is 0 Å². The van der Waals surface area contributed by atoms with Crippen LogP contribution in [0.5, 0.6) is 5.75 Å². The number of amides is 1. The largest absolute Gasteiger partial charge is 0.479 e. The molecule has 3 N–H and O–H groups in total. The van der Waals surface area contributed by atoms with Gasteiger partial charge in [-0.05, 0) is 36.1 Å². The van der Waals surface area contributed by atoms with Crippen molar-refractivity contribution in [1.82, 2.24) is 0 Å². The van der Waals surface area contributed by atoms with Gasteiger partial charge in [0.15, 0.2) is 6.61 Å². The van der Waals surface area contributed by atoms with Crippen LogP contribution in [0.25, 0.3) is 0 Å². The maximum Gasteiger partial charge on any atom is 0.225 e. The molecule has 0 aromatic heterocycles. The lowest BCUT2D eigenvalue weighted by Gasteiger charge is -2.22. The van der Waals surface area contributed by atoms with Crippen LogP contribution in [0, 0.1) is 16.7 Å². The average Bonchev–Trinajstić information content (AvgIpc) is 2.35. The van der Waals surface area contributed by atoms with Crippen molar-refractivity contribution in [3.63, 3.8) is 0 Å². The molecule has 5 heteroatoms. The van der Waals surface area contributed by atoms with E-state index in [0.29, 0.717) is 17.9 Å². The van der Waals surface area contributed by atoms with Crippen molar-refractivity contribution in [1.29, 1.82) is 5.26 Å². The van der Waals surface area contributed by atoms with E-state index in [4.69, 9.17) is 15.7 Å². The van der Waals surface area contributed by atoms with E-state index in [1.54, 1.807) is 24.3 Å². The number of nitrogens with one attached hydrogen (secondary N) is 1. The standard InChI is InChI=1S/C16H23N3O2/c1-16(2,3)11-12(18)10-15(20)19-13-4-6-14(7-5-13)21-9-8-17/h4-7,12H,9-11,18H2,1-3H3,(H,19,20). The van der Waals surface area contributed by atoms with Crippen LogP contribution in [-0.2, 0) is 4.79 Å². The van der Waals surface area contributed by atoms with Gasteiger partial charge in [0, 0.05) is 18.2 Å². The van der Waals surface area contributed by atoms with Gasteiger partial charge in [0.1, 0.15) is 11.8 Å². The van der Waals surface area contributed by atoms with E-state index >= 15 is 0 Å². The minimum absolute atomic E-state index is 0.00730.